The Hall–Kier alpha value is -1.89. The zero-order valence-corrected chi connectivity index (χ0v) is 12.2. The van der Waals surface area contributed by atoms with Crippen molar-refractivity contribution in [3.05, 3.63) is 36.0 Å². The largest absolute Gasteiger partial charge is 0.388 e. The molecule has 0 spiro atoms. The molecule has 4 atom stereocenters. The SMILES string of the molecule is Cn1cc(C(=O)N[C@H]2CO[C@H]3[C@@H]2OC[C@@H]3O)c2ccccc21. The van der Waals surface area contributed by atoms with E-state index in [0.717, 1.165) is 10.9 Å². The minimum absolute atomic E-state index is 0.143. The highest BCUT2D eigenvalue weighted by Crippen LogP contribution is 2.27. The average Bonchev–Trinajstić information content (AvgIpc) is 3.17. The zero-order valence-electron chi connectivity index (χ0n) is 12.2. The van der Waals surface area contributed by atoms with Crippen LogP contribution >= 0.6 is 0 Å². The molecule has 0 aliphatic carbocycles. The summed E-state index contributed by atoms with van der Waals surface area (Å²) in [6.45, 7) is 0.624. The van der Waals surface area contributed by atoms with Gasteiger partial charge in [0, 0.05) is 24.1 Å². The predicted molar refractivity (Wildman–Crippen MR) is 79.7 cm³/mol. The molecular weight excluding hydrogens is 284 g/mol. The third kappa shape index (κ3) is 2.03. The summed E-state index contributed by atoms with van der Waals surface area (Å²) in [6, 6.07) is 7.57. The first kappa shape index (κ1) is 13.8. The van der Waals surface area contributed by atoms with Gasteiger partial charge in [0.15, 0.2) is 0 Å². The average molecular weight is 302 g/mol. The highest BCUT2D eigenvalue weighted by atomic mass is 16.6. The molecule has 6 heteroatoms. The summed E-state index contributed by atoms with van der Waals surface area (Å²) >= 11 is 0. The number of nitrogens with one attached hydrogen (secondary N) is 1. The molecule has 2 saturated heterocycles. The molecule has 1 aromatic heterocycles. The Labute approximate surface area is 127 Å². The van der Waals surface area contributed by atoms with Crippen LogP contribution in [0.5, 0.6) is 0 Å². The summed E-state index contributed by atoms with van der Waals surface area (Å²) in [6.07, 6.45) is 0.619. The van der Waals surface area contributed by atoms with E-state index in [4.69, 9.17) is 9.47 Å². The van der Waals surface area contributed by atoms with Crippen molar-refractivity contribution >= 4 is 16.8 Å². The third-order valence-electron chi connectivity index (χ3n) is 4.49. The molecule has 0 bridgehead atoms. The number of aromatic nitrogens is 1. The van der Waals surface area contributed by atoms with Gasteiger partial charge in [0.2, 0.25) is 0 Å². The fourth-order valence-electron chi connectivity index (χ4n) is 3.37. The molecule has 2 aliphatic rings. The lowest BCUT2D eigenvalue weighted by atomic mass is 10.1. The van der Waals surface area contributed by atoms with E-state index < -0.39 is 6.10 Å². The van der Waals surface area contributed by atoms with Crippen LogP contribution in [-0.4, -0.2) is 53.1 Å². The lowest BCUT2D eigenvalue weighted by molar-refractivity contribution is 0.0178. The van der Waals surface area contributed by atoms with E-state index in [1.54, 1.807) is 0 Å². The molecule has 116 valence electrons. The third-order valence-corrected chi connectivity index (χ3v) is 4.49. The number of amides is 1. The quantitative estimate of drug-likeness (QED) is 0.844. The van der Waals surface area contributed by atoms with Crippen LogP contribution in [0.15, 0.2) is 30.5 Å². The van der Waals surface area contributed by atoms with E-state index >= 15 is 0 Å². The van der Waals surface area contributed by atoms with Crippen molar-refractivity contribution in [2.45, 2.75) is 24.4 Å². The summed E-state index contributed by atoms with van der Waals surface area (Å²) in [5.41, 5.74) is 1.65. The van der Waals surface area contributed by atoms with Crippen LogP contribution in [0.2, 0.25) is 0 Å². The van der Waals surface area contributed by atoms with Crippen LogP contribution in [-0.2, 0) is 16.5 Å². The van der Waals surface area contributed by atoms with Gasteiger partial charge < -0.3 is 24.5 Å². The first-order valence-electron chi connectivity index (χ1n) is 7.41. The summed E-state index contributed by atoms with van der Waals surface area (Å²) in [7, 11) is 1.92. The second kappa shape index (κ2) is 5.08. The van der Waals surface area contributed by atoms with Crippen LogP contribution < -0.4 is 5.32 Å². The summed E-state index contributed by atoms with van der Waals surface area (Å²) in [5, 5.41) is 13.6. The molecule has 0 saturated carbocycles. The van der Waals surface area contributed by atoms with Gasteiger partial charge in [-0.3, -0.25) is 4.79 Å². The Morgan fingerprint density at radius 1 is 1.27 bits per heavy atom. The van der Waals surface area contributed by atoms with Gasteiger partial charge in [0.05, 0.1) is 24.8 Å². The van der Waals surface area contributed by atoms with Gasteiger partial charge in [-0.2, -0.15) is 0 Å². The summed E-state index contributed by atoms with van der Waals surface area (Å²) < 4.78 is 13.0. The van der Waals surface area contributed by atoms with Gasteiger partial charge in [-0.25, -0.2) is 0 Å². The Morgan fingerprint density at radius 2 is 2.05 bits per heavy atom. The minimum atomic E-state index is -0.607. The molecular formula is C16H18N2O4. The molecule has 1 aromatic carbocycles. The molecule has 0 radical (unpaired) electrons. The number of rotatable bonds is 2. The van der Waals surface area contributed by atoms with Crippen molar-refractivity contribution in [3.63, 3.8) is 0 Å². The second-order valence-electron chi connectivity index (χ2n) is 5.91. The number of carbonyl (C=O) groups is 1. The van der Waals surface area contributed by atoms with Crippen LogP contribution in [0.3, 0.4) is 0 Å². The molecule has 2 N–H and O–H groups in total. The predicted octanol–water partition coefficient (Wildman–Crippen LogP) is 0.435. The van der Waals surface area contributed by atoms with Crippen molar-refractivity contribution in [1.29, 1.82) is 0 Å². The van der Waals surface area contributed by atoms with Crippen molar-refractivity contribution in [1.82, 2.24) is 9.88 Å². The monoisotopic (exact) mass is 302 g/mol. The van der Waals surface area contributed by atoms with E-state index in [-0.39, 0.29) is 30.8 Å². The highest BCUT2D eigenvalue weighted by Gasteiger charge is 2.47. The number of aliphatic hydroxyl groups excluding tert-OH is 1. The van der Waals surface area contributed by atoms with Gasteiger partial charge in [0.1, 0.15) is 18.3 Å². The molecule has 2 aromatic rings. The maximum Gasteiger partial charge on any atom is 0.253 e. The zero-order chi connectivity index (χ0) is 15.3. The van der Waals surface area contributed by atoms with Crippen LogP contribution in [0.1, 0.15) is 10.4 Å². The van der Waals surface area contributed by atoms with Gasteiger partial charge >= 0.3 is 0 Å². The molecule has 3 heterocycles. The Kier molecular flexibility index (Phi) is 3.18. The van der Waals surface area contributed by atoms with E-state index in [9.17, 15) is 9.90 Å². The molecule has 1 amide bonds. The molecule has 22 heavy (non-hydrogen) atoms. The highest BCUT2D eigenvalue weighted by molar-refractivity contribution is 6.07. The number of nitrogens with zero attached hydrogens (tertiary/aromatic N) is 1. The standard InChI is InChI=1S/C16H18N2O4/c1-18-6-10(9-4-2-3-5-12(9)18)16(20)17-11-7-21-15-13(19)8-22-14(11)15/h2-6,11,13-15,19H,7-8H2,1H3,(H,17,20)/t11-,13-,14+,15+/m0/s1. The van der Waals surface area contributed by atoms with Crippen molar-refractivity contribution in [2.24, 2.45) is 7.05 Å². The van der Waals surface area contributed by atoms with E-state index in [1.165, 1.54) is 0 Å². The van der Waals surface area contributed by atoms with Crippen molar-refractivity contribution in [3.8, 4) is 0 Å². The van der Waals surface area contributed by atoms with Gasteiger partial charge in [-0.15, -0.1) is 0 Å². The lowest BCUT2D eigenvalue weighted by Crippen LogP contribution is -2.44. The normalized spacial score (nSPS) is 30.6. The Balaban J connectivity index is 1.57. The number of ether oxygens (including phenoxy) is 2. The fourth-order valence-corrected chi connectivity index (χ4v) is 3.37. The minimum Gasteiger partial charge on any atom is -0.388 e. The number of hydrogen-bond donors (Lipinski definition) is 2. The maximum atomic E-state index is 12.6. The molecule has 2 fully saturated rings. The number of para-hydroxylation sites is 1. The van der Waals surface area contributed by atoms with Crippen molar-refractivity contribution < 1.29 is 19.4 Å². The first-order valence-corrected chi connectivity index (χ1v) is 7.41. The number of aryl methyl sites for hydroxylation is 1. The second-order valence-corrected chi connectivity index (χ2v) is 5.91. The van der Waals surface area contributed by atoms with Crippen molar-refractivity contribution in [2.75, 3.05) is 13.2 Å². The topological polar surface area (TPSA) is 72.7 Å². The van der Waals surface area contributed by atoms with Gasteiger partial charge in [0.25, 0.3) is 5.91 Å². The van der Waals surface area contributed by atoms with Crippen LogP contribution in [0.4, 0.5) is 0 Å². The Bertz CT molecular complexity index is 726. The molecule has 0 unspecified atom stereocenters. The number of benzene rings is 1. The number of carbonyl (C=O) groups excluding carboxylic acids is 1. The first-order chi connectivity index (χ1) is 10.6. The number of aliphatic hydroxyl groups is 1. The number of fused-ring (bicyclic) bond motifs is 2. The van der Waals surface area contributed by atoms with Gasteiger partial charge in [-0.05, 0) is 6.07 Å². The van der Waals surface area contributed by atoms with E-state index in [0.29, 0.717) is 12.2 Å². The lowest BCUT2D eigenvalue weighted by Gasteiger charge is -2.17. The summed E-state index contributed by atoms with van der Waals surface area (Å²) in [5.74, 6) is -0.143. The molecule has 2 aliphatic heterocycles. The van der Waals surface area contributed by atoms with Gasteiger partial charge in [-0.1, -0.05) is 18.2 Å². The summed E-state index contributed by atoms with van der Waals surface area (Å²) in [4.78, 5) is 12.6. The smallest absolute Gasteiger partial charge is 0.253 e. The molecule has 6 nitrogen and oxygen atoms in total. The Morgan fingerprint density at radius 3 is 2.91 bits per heavy atom. The van der Waals surface area contributed by atoms with E-state index in [1.807, 2.05) is 42.1 Å². The van der Waals surface area contributed by atoms with Crippen LogP contribution in [0.25, 0.3) is 10.9 Å². The van der Waals surface area contributed by atoms with E-state index in [2.05, 4.69) is 5.32 Å². The molecule has 4 rings (SSSR count). The van der Waals surface area contributed by atoms with Crippen LogP contribution in [0, 0.1) is 0 Å². The maximum absolute atomic E-state index is 12.6. The fraction of sp³-hybridized carbons (Fsp3) is 0.438. The number of hydrogen-bond acceptors (Lipinski definition) is 4.